The van der Waals surface area contributed by atoms with E-state index in [0.717, 1.165) is 25.7 Å². The van der Waals surface area contributed by atoms with Crippen LogP contribution in [0.4, 0.5) is 0 Å². The van der Waals surface area contributed by atoms with Gasteiger partial charge in [-0.1, -0.05) is 26.2 Å². The molecule has 0 spiro atoms. The quantitative estimate of drug-likeness (QED) is 0.724. The van der Waals surface area contributed by atoms with Crippen LogP contribution in [-0.2, 0) is 4.79 Å². The first-order valence-electron chi connectivity index (χ1n) is 6.14. The lowest BCUT2D eigenvalue weighted by Gasteiger charge is -2.24. The number of rotatable bonds is 5. The van der Waals surface area contributed by atoms with Crippen molar-refractivity contribution in [1.29, 1.82) is 0 Å². The number of carbonyl (C=O) groups excluding carboxylic acids is 1. The molecule has 0 aliphatic heterocycles. The zero-order chi connectivity index (χ0) is 11.1. The highest BCUT2D eigenvalue weighted by molar-refractivity contribution is 6.17. The maximum atomic E-state index is 11.9. The molecule has 0 aromatic heterocycles. The molecular weight excluding hydrogens is 210 g/mol. The van der Waals surface area contributed by atoms with Gasteiger partial charge < -0.3 is 5.32 Å². The zero-order valence-corrected chi connectivity index (χ0v) is 10.4. The number of alkyl halides is 1. The van der Waals surface area contributed by atoms with Crippen LogP contribution in [-0.4, -0.2) is 17.8 Å². The molecule has 1 aliphatic carbocycles. The van der Waals surface area contributed by atoms with Crippen LogP contribution in [0.25, 0.3) is 0 Å². The van der Waals surface area contributed by atoms with E-state index in [1.165, 1.54) is 19.3 Å². The summed E-state index contributed by atoms with van der Waals surface area (Å²) in [4.78, 5) is 11.9. The van der Waals surface area contributed by atoms with Crippen molar-refractivity contribution in [2.24, 2.45) is 5.92 Å². The molecule has 1 aliphatic rings. The maximum Gasteiger partial charge on any atom is 0.223 e. The topological polar surface area (TPSA) is 29.1 Å². The molecule has 1 N–H and O–H groups in total. The van der Waals surface area contributed by atoms with E-state index < -0.39 is 0 Å². The van der Waals surface area contributed by atoms with Gasteiger partial charge in [0.25, 0.3) is 0 Å². The molecule has 1 rings (SSSR count). The Bertz CT molecular complexity index is 190. The van der Waals surface area contributed by atoms with Gasteiger partial charge in [0.2, 0.25) is 5.91 Å². The van der Waals surface area contributed by atoms with Crippen molar-refractivity contribution in [3.63, 3.8) is 0 Å². The SMILES string of the molecule is CCC(CCCl)NC(=O)C1CCCCC1. The van der Waals surface area contributed by atoms with E-state index >= 15 is 0 Å². The minimum Gasteiger partial charge on any atom is -0.353 e. The highest BCUT2D eigenvalue weighted by Crippen LogP contribution is 2.23. The molecular formula is C12H22ClNO. The Morgan fingerprint density at radius 3 is 2.60 bits per heavy atom. The molecule has 0 aromatic rings. The van der Waals surface area contributed by atoms with Crippen molar-refractivity contribution >= 4 is 17.5 Å². The monoisotopic (exact) mass is 231 g/mol. The third-order valence-electron chi connectivity index (χ3n) is 3.27. The lowest BCUT2D eigenvalue weighted by molar-refractivity contribution is -0.126. The second-order valence-electron chi connectivity index (χ2n) is 4.43. The van der Waals surface area contributed by atoms with Gasteiger partial charge in [-0.05, 0) is 25.7 Å². The molecule has 0 radical (unpaired) electrons. The van der Waals surface area contributed by atoms with E-state index in [1.54, 1.807) is 0 Å². The summed E-state index contributed by atoms with van der Waals surface area (Å²) in [6.07, 6.45) is 7.73. The average Bonchev–Trinajstić information content (AvgIpc) is 2.29. The highest BCUT2D eigenvalue weighted by atomic mass is 35.5. The van der Waals surface area contributed by atoms with Crippen LogP contribution in [0.15, 0.2) is 0 Å². The number of halogens is 1. The molecule has 15 heavy (non-hydrogen) atoms. The van der Waals surface area contributed by atoms with Crippen LogP contribution >= 0.6 is 11.6 Å². The summed E-state index contributed by atoms with van der Waals surface area (Å²) >= 11 is 5.69. The van der Waals surface area contributed by atoms with Crippen molar-refractivity contribution in [2.45, 2.75) is 57.9 Å². The Labute approximate surface area is 97.8 Å². The summed E-state index contributed by atoms with van der Waals surface area (Å²) in [5.74, 6) is 1.15. The fourth-order valence-electron chi connectivity index (χ4n) is 2.19. The van der Waals surface area contributed by atoms with Crippen LogP contribution in [0.3, 0.4) is 0 Å². The second kappa shape index (κ2) is 7.10. The van der Waals surface area contributed by atoms with Crippen molar-refractivity contribution in [3.05, 3.63) is 0 Å². The largest absolute Gasteiger partial charge is 0.353 e. The predicted molar refractivity (Wildman–Crippen MR) is 64.1 cm³/mol. The Morgan fingerprint density at radius 2 is 2.07 bits per heavy atom. The van der Waals surface area contributed by atoms with E-state index in [2.05, 4.69) is 12.2 Å². The molecule has 1 fully saturated rings. The standard InChI is InChI=1S/C12H22ClNO/c1-2-11(8-9-13)14-12(15)10-6-4-3-5-7-10/h10-11H,2-9H2,1H3,(H,14,15). The van der Waals surface area contributed by atoms with E-state index in [0.29, 0.717) is 5.88 Å². The maximum absolute atomic E-state index is 11.9. The smallest absolute Gasteiger partial charge is 0.223 e. The minimum atomic E-state index is 0.256. The van der Waals surface area contributed by atoms with Crippen LogP contribution in [0.1, 0.15) is 51.9 Å². The van der Waals surface area contributed by atoms with Crippen LogP contribution < -0.4 is 5.32 Å². The summed E-state index contributed by atoms with van der Waals surface area (Å²) in [5, 5.41) is 3.11. The zero-order valence-electron chi connectivity index (χ0n) is 9.60. The van der Waals surface area contributed by atoms with Gasteiger partial charge in [0.1, 0.15) is 0 Å². The van der Waals surface area contributed by atoms with Crippen molar-refractivity contribution < 1.29 is 4.79 Å². The third kappa shape index (κ3) is 4.42. The molecule has 0 heterocycles. The average molecular weight is 232 g/mol. The molecule has 1 unspecified atom stereocenters. The lowest BCUT2D eigenvalue weighted by atomic mass is 9.88. The van der Waals surface area contributed by atoms with Gasteiger partial charge >= 0.3 is 0 Å². The second-order valence-corrected chi connectivity index (χ2v) is 4.80. The molecule has 0 bridgehead atoms. The van der Waals surface area contributed by atoms with Gasteiger partial charge in [-0.15, -0.1) is 11.6 Å². The molecule has 88 valence electrons. The van der Waals surface area contributed by atoms with Crippen molar-refractivity contribution in [3.8, 4) is 0 Å². The molecule has 0 aromatic carbocycles. The lowest BCUT2D eigenvalue weighted by Crippen LogP contribution is -2.39. The first-order valence-corrected chi connectivity index (χ1v) is 6.67. The third-order valence-corrected chi connectivity index (χ3v) is 3.49. The van der Waals surface area contributed by atoms with Gasteiger partial charge in [-0.2, -0.15) is 0 Å². The van der Waals surface area contributed by atoms with E-state index in [-0.39, 0.29) is 17.9 Å². The van der Waals surface area contributed by atoms with Crippen molar-refractivity contribution in [1.82, 2.24) is 5.32 Å². The van der Waals surface area contributed by atoms with Gasteiger partial charge in [0, 0.05) is 17.8 Å². The first kappa shape index (κ1) is 12.8. The summed E-state index contributed by atoms with van der Waals surface area (Å²) in [5.41, 5.74) is 0. The Balaban J connectivity index is 2.31. The van der Waals surface area contributed by atoms with Gasteiger partial charge in [-0.3, -0.25) is 4.79 Å². The minimum absolute atomic E-state index is 0.256. The van der Waals surface area contributed by atoms with Crippen LogP contribution in [0, 0.1) is 5.92 Å². The van der Waals surface area contributed by atoms with E-state index in [9.17, 15) is 4.79 Å². The molecule has 1 saturated carbocycles. The number of nitrogens with one attached hydrogen (secondary N) is 1. The molecule has 2 nitrogen and oxygen atoms in total. The van der Waals surface area contributed by atoms with Crippen LogP contribution in [0.5, 0.6) is 0 Å². The summed E-state index contributed by atoms with van der Waals surface area (Å²) in [7, 11) is 0. The number of carbonyl (C=O) groups is 1. The molecule has 1 amide bonds. The van der Waals surface area contributed by atoms with E-state index in [1.807, 2.05) is 0 Å². The van der Waals surface area contributed by atoms with Crippen LogP contribution in [0.2, 0.25) is 0 Å². The summed E-state index contributed by atoms with van der Waals surface area (Å²) < 4.78 is 0. The molecule has 0 saturated heterocycles. The number of hydrogen-bond donors (Lipinski definition) is 1. The fraction of sp³-hybridized carbons (Fsp3) is 0.917. The first-order chi connectivity index (χ1) is 7.27. The summed E-state index contributed by atoms with van der Waals surface area (Å²) in [6.45, 7) is 2.10. The molecule has 3 heteroatoms. The number of hydrogen-bond acceptors (Lipinski definition) is 1. The van der Waals surface area contributed by atoms with Gasteiger partial charge in [0.05, 0.1) is 0 Å². The Morgan fingerprint density at radius 1 is 1.40 bits per heavy atom. The Kier molecular flexibility index (Phi) is 6.07. The number of amides is 1. The van der Waals surface area contributed by atoms with Gasteiger partial charge in [-0.25, -0.2) is 0 Å². The van der Waals surface area contributed by atoms with E-state index in [4.69, 9.17) is 11.6 Å². The normalized spacial score (nSPS) is 19.9. The fourth-order valence-corrected chi connectivity index (χ4v) is 2.46. The molecule has 1 atom stereocenters. The predicted octanol–water partition coefficient (Wildman–Crippen LogP) is 3.09. The highest BCUT2D eigenvalue weighted by Gasteiger charge is 2.22. The summed E-state index contributed by atoms with van der Waals surface area (Å²) in [6, 6.07) is 0.275. The Hall–Kier alpha value is -0.240. The van der Waals surface area contributed by atoms with Gasteiger partial charge in [0.15, 0.2) is 0 Å². The van der Waals surface area contributed by atoms with Crippen molar-refractivity contribution in [2.75, 3.05) is 5.88 Å².